The Kier molecular flexibility index (Phi) is 4.59. The van der Waals surface area contributed by atoms with E-state index in [0.29, 0.717) is 23.4 Å². The van der Waals surface area contributed by atoms with Gasteiger partial charge in [-0.3, -0.25) is 4.79 Å². The number of hydrogen-bond donors (Lipinski definition) is 3. The van der Waals surface area contributed by atoms with Gasteiger partial charge in [-0.25, -0.2) is 0 Å². The predicted molar refractivity (Wildman–Crippen MR) is 98.3 cm³/mol. The van der Waals surface area contributed by atoms with Crippen molar-refractivity contribution >= 4 is 22.8 Å². The third kappa shape index (κ3) is 3.45. The van der Waals surface area contributed by atoms with Crippen LogP contribution in [0.2, 0.25) is 0 Å². The second kappa shape index (κ2) is 6.98. The van der Waals surface area contributed by atoms with Crippen molar-refractivity contribution in [2.75, 3.05) is 11.1 Å². The van der Waals surface area contributed by atoms with Crippen molar-refractivity contribution in [1.82, 2.24) is 0 Å². The molecule has 4 nitrogen and oxygen atoms in total. The Morgan fingerprint density at radius 3 is 2.17 bits per heavy atom. The van der Waals surface area contributed by atoms with Crippen LogP contribution in [0.1, 0.15) is 21.5 Å². The maximum absolute atomic E-state index is 12.4. The quantitative estimate of drug-likeness (QED) is 0.495. The van der Waals surface area contributed by atoms with E-state index in [-0.39, 0.29) is 5.78 Å². The van der Waals surface area contributed by atoms with Crippen LogP contribution in [0.3, 0.4) is 0 Å². The summed E-state index contributed by atoms with van der Waals surface area (Å²) in [5.74, 6) is 0.00830. The molecule has 0 amide bonds. The van der Waals surface area contributed by atoms with Gasteiger partial charge in [-0.1, -0.05) is 36.4 Å². The molecule has 0 heterocycles. The van der Waals surface area contributed by atoms with Gasteiger partial charge in [0.15, 0.2) is 5.78 Å². The highest BCUT2D eigenvalue weighted by atomic mass is 16.1. The summed E-state index contributed by atoms with van der Waals surface area (Å²) >= 11 is 0. The molecule has 0 aliphatic rings. The second-order valence-electron chi connectivity index (χ2n) is 5.52. The molecule has 0 saturated carbocycles. The average Bonchev–Trinajstić information content (AvgIpc) is 2.64. The largest absolute Gasteiger partial charge is 0.397 e. The molecule has 3 rings (SSSR count). The Morgan fingerprint density at radius 2 is 1.54 bits per heavy atom. The fourth-order valence-corrected chi connectivity index (χ4v) is 2.47. The van der Waals surface area contributed by atoms with Crippen molar-refractivity contribution in [3.63, 3.8) is 0 Å². The minimum atomic E-state index is 0.00830. The van der Waals surface area contributed by atoms with Crippen LogP contribution in [-0.2, 0) is 6.54 Å². The molecule has 0 aromatic heterocycles. The van der Waals surface area contributed by atoms with E-state index in [9.17, 15) is 4.79 Å². The van der Waals surface area contributed by atoms with E-state index in [1.54, 1.807) is 0 Å². The maximum Gasteiger partial charge on any atom is 0.193 e. The summed E-state index contributed by atoms with van der Waals surface area (Å²) in [5.41, 5.74) is 16.3. The fourth-order valence-electron chi connectivity index (χ4n) is 2.47. The van der Waals surface area contributed by atoms with E-state index in [2.05, 4.69) is 5.32 Å². The number of hydrogen-bond acceptors (Lipinski definition) is 4. The van der Waals surface area contributed by atoms with E-state index < -0.39 is 0 Å². The smallest absolute Gasteiger partial charge is 0.193 e. The highest BCUT2D eigenvalue weighted by Gasteiger charge is 2.08. The lowest BCUT2D eigenvalue weighted by Crippen LogP contribution is -2.02. The summed E-state index contributed by atoms with van der Waals surface area (Å²) in [6.45, 7) is 0.459. The normalized spacial score (nSPS) is 10.4. The van der Waals surface area contributed by atoms with Crippen LogP contribution < -0.4 is 16.8 Å². The summed E-state index contributed by atoms with van der Waals surface area (Å²) in [4.78, 5) is 12.4. The summed E-state index contributed by atoms with van der Waals surface area (Å²) in [5, 5.41) is 3.25. The van der Waals surface area contributed by atoms with E-state index in [4.69, 9.17) is 11.5 Å². The number of benzene rings is 3. The third-order valence-corrected chi connectivity index (χ3v) is 3.81. The Bertz CT molecular complexity index is 843. The van der Waals surface area contributed by atoms with E-state index in [1.807, 2.05) is 72.8 Å². The molecule has 0 atom stereocenters. The molecule has 24 heavy (non-hydrogen) atoms. The van der Waals surface area contributed by atoms with E-state index in [0.717, 1.165) is 16.9 Å². The molecule has 0 fully saturated rings. The average molecular weight is 317 g/mol. The minimum absolute atomic E-state index is 0.00830. The zero-order valence-corrected chi connectivity index (χ0v) is 13.2. The van der Waals surface area contributed by atoms with Gasteiger partial charge in [0, 0.05) is 23.4 Å². The van der Waals surface area contributed by atoms with Crippen molar-refractivity contribution in [3.05, 3.63) is 89.5 Å². The van der Waals surface area contributed by atoms with Crippen LogP contribution in [0.4, 0.5) is 17.1 Å². The number of anilines is 3. The van der Waals surface area contributed by atoms with Crippen molar-refractivity contribution in [3.8, 4) is 0 Å². The molecule has 3 aromatic rings. The van der Waals surface area contributed by atoms with E-state index in [1.165, 1.54) is 0 Å². The van der Waals surface area contributed by atoms with Gasteiger partial charge >= 0.3 is 0 Å². The summed E-state index contributed by atoms with van der Waals surface area (Å²) in [7, 11) is 0. The van der Waals surface area contributed by atoms with Gasteiger partial charge in [0.1, 0.15) is 0 Å². The first-order chi connectivity index (χ1) is 11.7. The molecular weight excluding hydrogens is 298 g/mol. The number of carbonyl (C=O) groups is 1. The zero-order chi connectivity index (χ0) is 16.9. The minimum Gasteiger partial charge on any atom is -0.397 e. The first kappa shape index (κ1) is 15.8. The Labute approximate surface area is 141 Å². The van der Waals surface area contributed by atoms with Crippen LogP contribution >= 0.6 is 0 Å². The summed E-state index contributed by atoms with van der Waals surface area (Å²) < 4.78 is 0. The van der Waals surface area contributed by atoms with Gasteiger partial charge in [0.25, 0.3) is 0 Å². The molecule has 5 N–H and O–H groups in total. The Hall–Kier alpha value is -3.11. The predicted octanol–water partition coefficient (Wildman–Crippen LogP) is 3.70. The third-order valence-electron chi connectivity index (χ3n) is 3.81. The first-order valence-electron chi connectivity index (χ1n) is 7.72. The summed E-state index contributed by atoms with van der Waals surface area (Å²) in [6.07, 6.45) is 0. The molecule has 0 aliphatic carbocycles. The van der Waals surface area contributed by atoms with Crippen LogP contribution in [0.25, 0.3) is 0 Å². The Balaban J connectivity index is 1.76. The number of rotatable bonds is 5. The van der Waals surface area contributed by atoms with Crippen LogP contribution in [0.5, 0.6) is 0 Å². The molecule has 3 aromatic carbocycles. The molecule has 120 valence electrons. The van der Waals surface area contributed by atoms with Crippen LogP contribution in [-0.4, -0.2) is 5.78 Å². The van der Waals surface area contributed by atoms with Gasteiger partial charge in [-0.05, 0) is 42.0 Å². The van der Waals surface area contributed by atoms with Crippen molar-refractivity contribution in [2.24, 2.45) is 5.73 Å². The molecule has 0 aliphatic heterocycles. The zero-order valence-electron chi connectivity index (χ0n) is 13.2. The molecular formula is C20H19N3O. The second-order valence-corrected chi connectivity index (χ2v) is 5.52. The number of nitrogens with two attached hydrogens (primary N) is 2. The lowest BCUT2D eigenvalue weighted by Gasteiger charge is -2.11. The molecule has 0 unspecified atom stereocenters. The highest BCUT2D eigenvalue weighted by Crippen LogP contribution is 2.24. The molecule has 4 heteroatoms. The number of nitrogen functional groups attached to an aromatic ring is 1. The van der Waals surface area contributed by atoms with Gasteiger partial charge in [0.05, 0.1) is 11.4 Å². The van der Waals surface area contributed by atoms with Crippen molar-refractivity contribution < 1.29 is 4.79 Å². The van der Waals surface area contributed by atoms with Gasteiger partial charge in [-0.2, -0.15) is 0 Å². The van der Waals surface area contributed by atoms with Crippen LogP contribution in [0.15, 0.2) is 72.8 Å². The number of carbonyl (C=O) groups excluding carboxylic acids is 1. The summed E-state index contributed by atoms with van der Waals surface area (Å²) in [6, 6.07) is 22.3. The maximum atomic E-state index is 12.4. The topological polar surface area (TPSA) is 81.1 Å². The van der Waals surface area contributed by atoms with Crippen LogP contribution in [0, 0.1) is 0 Å². The highest BCUT2D eigenvalue weighted by molar-refractivity contribution is 6.09. The Morgan fingerprint density at radius 1 is 0.875 bits per heavy atom. The molecule has 0 spiro atoms. The SMILES string of the molecule is NCc1ccc(Nc2ccc(C(=O)c3ccccc3)cc2)c(N)c1. The first-order valence-corrected chi connectivity index (χ1v) is 7.72. The standard InChI is InChI=1S/C20H19N3O/c21-13-14-6-11-19(18(22)12-14)23-17-9-7-16(8-10-17)20(24)15-4-2-1-3-5-15/h1-12,23H,13,21-22H2. The van der Waals surface area contributed by atoms with Crippen molar-refractivity contribution in [1.29, 1.82) is 0 Å². The number of ketones is 1. The molecule has 0 saturated heterocycles. The van der Waals surface area contributed by atoms with E-state index >= 15 is 0 Å². The van der Waals surface area contributed by atoms with Crippen molar-refractivity contribution in [2.45, 2.75) is 6.54 Å². The van der Waals surface area contributed by atoms with Gasteiger partial charge in [0.2, 0.25) is 0 Å². The fraction of sp³-hybridized carbons (Fsp3) is 0.0500. The van der Waals surface area contributed by atoms with Gasteiger partial charge < -0.3 is 16.8 Å². The lowest BCUT2D eigenvalue weighted by atomic mass is 10.0. The monoisotopic (exact) mass is 317 g/mol. The molecule has 0 bridgehead atoms. The van der Waals surface area contributed by atoms with Gasteiger partial charge in [-0.15, -0.1) is 0 Å². The number of nitrogens with one attached hydrogen (secondary N) is 1. The molecule has 0 radical (unpaired) electrons. The lowest BCUT2D eigenvalue weighted by molar-refractivity contribution is 0.103.